The fourth-order valence-electron chi connectivity index (χ4n) is 1.75. The number of hydrogen-bond acceptors (Lipinski definition) is 3. The first-order valence-electron chi connectivity index (χ1n) is 6.81. The Kier molecular flexibility index (Phi) is 6.62. The van der Waals surface area contributed by atoms with Crippen molar-refractivity contribution in [1.29, 1.82) is 0 Å². The molecule has 0 aliphatic rings. The second-order valence-corrected chi connectivity index (χ2v) is 5.16. The first-order valence-corrected chi connectivity index (χ1v) is 6.81. The molecular formula is C14H9F11O3. The molecular weight excluding hydrogens is 425 g/mol. The van der Waals surface area contributed by atoms with Crippen LogP contribution in [0.1, 0.15) is 11.1 Å². The summed E-state index contributed by atoms with van der Waals surface area (Å²) in [6, 6.07) is -0.989. The summed E-state index contributed by atoms with van der Waals surface area (Å²) >= 11 is 0. The molecule has 160 valence electrons. The Morgan fingerprint density at radius 1 is 0.786 bits per heavy atom. The zero-order chi connectivity index (χ0) is 22.1. The summed E-state index contributed by atoms with van der Waals surface area (Å²) < 4.78 is 145. The lowest BCUT2D eigenvalue weighted by Crippen LogP contribution is -2.61. The Labute approximate surface area is 148 Å². The Balaban J connectivity index is 3.32. The molecule has 0 unspecified atom stereocenters. The van der Waals surface area contributed by atoms with Crippen LogP contribution in [0.3, 0.4) is 0 Å². The fourth-order valence-corrected chi connectivity index (χ4v) is 1.75. The van der Waals surface area contributed by atoms with E-state index in [0.29, 0.717) is 12.1 Å². The number of benzene rings is 1. The molecule has 1 rings (SSSR count). The van der Waals surface area contributed by atoms with E-state index >= 15 is 0 Å². The monoisotopic (exact) mass is 434 g/mol. The van der Waals surface area contributed by atoms with Crippen LogP contribution < -0.4 is 4.74 Å². The number of rotatable bonds is 7. The predicted octanol–water partition coefficient (Wildman–Crippen LogP) is 4.63. The molecule has 28 heavy (non-hydrogen) atoms. The molecule has 0 amide bonds. The lowest BCUT2D eigenvalue weighted by molar-refractivity contribution is -0.392. The van der Waals surface area contributed by atoms with Crippen LogP contribution in [0, 0.1) is 0 Å². The number of aliphatic hydroxyl groups excluding tert-OH is 2. The first-order chi connectivity index (χ1) is 12.5. The van der Waals surface area contributed by atoms with E-state index in [2.05, 4.69) is 4.74 Å². The quantitative estimate of drug-likeness (QED) is 0.486. The molecule has 2 N–H and O–H groups in total. The van der Waals surface area contributed by atoms with E-state index in [1.54, 1.807) is 0 Å². The standard InChI is InChI=1S/C14H9F11O3/c15-9(11(17,18)12(19,20)13(21,22)14(23,24)25)10(16)28-8-2-1-6(4-26)7(3-8)5-27/h1-3,26-27H,4-5H2. The van der Waals surface area contributed by atoms with Crippen molar-refractivity contribution in [3.05, 3.63) is 41.2 Å². The zero-order valence-electron chi connectivity index (χ0n) is 13.1. The van der Waals surface area contributed by atoms with Crippen LogP contribution in [0.2, 0.25) is 0 Å². The maximum Gasteiger partial charge on any atom is 0.460 e. The summed E-state index contributed by atoms with van der Waals surface area (Å²) in [6.45, 7) is -1.49. The number of alkyl halides is 9. The molecule has 0 bridgehead atoms. The highest BCUT2D eigenvalue weighted by atomic mass is 19.4. The number of allylic oxidation sites excluding steroid dienone is 1. The van der Waals surface area contributed by atoms with Gasteiger partial charge in [-0.3, -0.25) is 0 Å². The maximum atomic E-state index is 13.4. The molecule has 0 saturated carbocycles. The number of halogens is 11. The average Bonchev–Trinajstić information content (AvgIpc) is 2.59. The molecule has 14 heteroatoms. The van der Waals surface area contributed by atoms with E-state index in [1.165, 1.54) is 0 Å². The summed E-state index contributed by atoms with van der Waals surface area (Å²) in [7, 11) is 0. The van der Waals surface area contributed by atoms with Crippen molar-refractivity contribution in [2.45, 2.75) is 37.2 Å². The van der Waals surface area contributed by atoms with E-state index in [4.69, 9.17) is 10.2 Å². The minimum Gasteiger partial charge on any atom is -0.430 e. The summed E-state index contributed by atoms with van der Waals surface area (Å²) in [4.78, 5) is 0. The molecule has 0 radical (unpaired) electrons. The van der Waals surface area contributed by atoms with Crippen LogP contribution in [0.5, 0.6) is 5.75 Å². The third kappa shape index (κ3) is 4.01. The van der Waals surface area contributed by atoms with Gasteiger partial charge in [0, 0.05) is 0 Å². The van der Waals surface area contributed by atoms with E-state index in [-0.39, 0.29) is 11.1 Å². The summed E-state index contributed by atoms with van der Waals surface area (Å²) in [6.07, 6.45) is -7.20. The number of hydrogen-bond donors (Lipinski definition) is 2. The van der Waals surface area contributed by atoms with E-state index < -0.39 is 54.7 Å². The first kappa shape index (κ1) is 23.9. The highest BCUT2D eigenvalue weighted by Crippen LogP contribution is 2.55. The minimum atomic E-state index is -7.41. The Bertz CT molecular complexity index is 741. The van der Waals surface area contributed by atoms with Gasteiger partial charge in [0.25, 0.3) is 0 Å². The SMILES string of the molecule is OCc1ccc(OC(F)=C(F)C(F)(F)C(F)(F)C(F)(F)C(F)(F)F)cc1CO. The average molecular weight is 434 g/mol. The molecule has 0 aliphatic heterocycles. The molecule has 3 nitrogen and oxygen atoms in total. The van der Waals surface area contributed by atoms with Gasteiger partial charge < -0.3 is 14.9 Å². The van der Waals surface area contributed by atoms with Crippen molar-refractivity contribution < 1.29 is 63.2 Å². The van der Waals surface area contributed by atoms with Gasteiger partial charge >= 0.3 is 30.0 Å². The largest absolute Gasteiger partial charge is 0.460 e. The molecule has 1 aromatic carbocycles. The van der Waals surface area contributed by atoms with Gasteiger partial charge in [-0.05, 0) is 23.3 Å². The molecule has 0 atom stereocenters. The maximum absolute atomic E-state index is 13.4. The molecule has 0 aromatic heterocycles. The fraction of sp³-hybridized carbons (Fsp3) is 0.429. The summed E-state index contributed by atoms with van der Waals surface area (Å²) in [5.74, 6) is -26.7. The second kappa shape index (κ2) is 7.73. The molecule has 0 spiro atoms. The van der Waals surface area contributed by atoms with Crippen LogP contribution in [0.15, 0.2) is 30.0 Å². The van der Waals surface area contributed by atoms with Gasteiger partial charge in [-0.15, -0.1) is 0 Å². The van der Waals surface area contributed by atoms with Gasteiger partial charge in [-0.2, -0.15) is 48.3 Å². The van der Waals surface area contributed by atoms with Gasteiger partial charge in [0.1, 0.15) is 5.75 Å². The molecule has 0 saturated heterocycles. The van der Waals surface area contributed by atoms with Crippen LogP contribution >= 0.6 is 0 Å². The van der Waals surface area contributed by atoms with E-state index in [0.717, 1.165) is 6.07 Å². The van der Waals surface area contributed by atoms with Gasteiger partial charge in [0.2, 0.25) is 5.83 Å². The topological polar surface area (TPSA) is 49.7 Å². The molecule has 0 fully saturated rings. The van der Waals surface area contributed by atoms with Crippen molar-refractivity contribution in [2.75, 3.05) is 0 Å². The number of ether oxygens (including phenoxy) is 1. The molecule has 1 aromatic rings. The smallest absolute Gasteiger partial charge is 0.430 e. The highest BCUT2D eigenvalue weighted by Gasteiger charge is 2.83. The van der Waals surface area contributed by atoms with Crippen LogP contribution in [0.25, 0.3) is 0 Å². The van der Waals surface area contributed by atoms with Gasteiger partial charge in [0.05, 0.1) is 13.2 Å². The van der Waals surface area contributed by atoms with Gasteiger partial charge in [-0.25, -0.2) is 0 Å². The summed E-state index contributed by atoms with van der Waals surface area (Å²) in [5, 5.41) is 17.9. The lowest BCUT2D eigenvalue weighted by Gasteiger charge is -2.32. The predicted molar refractivity (Wildman–Crippen MR) is 69.1 cm³/mol. The second-order valence-electron chi connectivity index (χ2n) is 5.16. The third-order valence-corrected chi connectivity index (χ3v) is 3.32. The zero-order valence-corrected chi connectivity index (χ0v) is 13.1. The highest BCUT2D eigenvalue weighted by molar-refractivity contribution is 5.36. The van der Waals surface area contributed by atoms with Crippen LogP contribution in [-0.2, 0) is 13.2 Å². The van der Waals surface area contributed by atoms with E-state index in [1.807, 2.05) is 0 Å². The Morgan fingerprint density at radius 3 is 1.71 bits per heavy atom. The van der Waals surface area contributed by atoms with Gasteiger partial charge in [0.15, 0.2) is 0 Å². The van der Waals surface area contributed by atoms with Crippen molar-refractivity contribution in [3.63, 3.8) is 0 Å². The Hall–Kier alpha value is -2.09. The van der Waals surface area contributed by atoms with Crippen LogP contribution in [-0.4, -0.2) is 34.2 Å². The lowest BCUT2D eigenvalue weighted by atomic mass is 10.0. The normalized spacial score (nSPS) is 14.8. The van der Waals surface area contributed by atoms with Gasteiger partial charge in [-0.1, -0.05) is 6.07 Å². The molecule has 0 heterocycles. The van der Waals surface area contributed by atoms with Crippen molar-refractivity contribution in [1.82, 2.24) is 0 Å². The summed E-state index contributed by atoms with van der Waals surface area (Å²) in [5.41, 5.74) is -0.185. The minimum absolute atomic E-state index is 0.0152. The Morgan fingerprint density at radius 2 is 1.29 bits per heavy atom. The third-order valence-electron chi connectivity index (χ3n) is 3.32. The van der Waals surface area contributed by atoms with Crippen molar-refractivity contribution >= 4 is 0 Å². The van der Waals surface area contributed by atoms with Crippen molar-refractivity contribution in [3.8, 4) is 5.75 Å². The van der Waals surface area contributed by atoms with E-state index in [9.17, 15) is 48.3 Å². The number of aliphatic hydroxyl groups is 2. The van der Waals surface area contributed by atoms with Crippen molar-refractivity contribution in [2.24, 2.45) is 0 Å². The van der Waals surface area contributed by atoms with Crippen LogP contribution in [0.4, 0.5) is 48.3 Å². The molecule has 0 aliphatic carbocycles.